The second-order valence-electron chi connectivity index (χ2n) is 2.93. The number of rotatable bonds is 4. The molecule has 0 fully saturated rings. The molecule has 0 unspecified atom stereocenters. The van der Waals surface area contributed by atoms with Crippen molar-refractivity contribution in [2.24, 2.45) is 0 Å². The van der Waals surface area contributed by atoms with E-state index < -0.39 is 0 Å². The summed E-state index contributed by atoms with van der Waals surface area (Å²) in [6, 6.07) is 2.07. The van der Waals surface area contributed by atoms with Crippen molar-refractivity contribution in [1.29, 1.82) is 5.26 Å². The third-order valence-corrected chi connectivity index (χ3v) is 3.11. The molecule has 1 nitrogen and oxygen atoms in total. The predicted octanol–water partition coefficient (Wildman–Crippen LogP) is 3.63. The Hall–Kier alpha value is -0.0700. The molecule has 0 radical (unpaired) electrons. The van der Waals surface area contributed by atoms with Gasteiger partial charge in [0.15, 0.2) is 0 Å². The largest absolute Gasteiger partial charge is 0.193 e. The summed E-state index contributed by atoms with van der Waals surface area (Å²) in [5.41, 5.74) is 0. The lowest BCUT2D eigenvalue weighted by atomic mass is 10.6. The molecule has 0 spiro atoms. The lowest BCUT2D eigenvalue weighted by Gasteiger charge is -2.09. The van der Waals surface area contributed by atoms with Gasteiger partial charge in [0, 0.05) is 16.6 Å². The second-order valence-corrected chi connectivity index (χ2v) is 6.42. The third-order valence-electron chi connectivity index (χ3n) is 0.886. The van der Waals surface area contributed by atoms with E-state index in [1.165, 1.54) is 0 Å². The Morgan fingerprint density at radius 3 is 1.83 bits per heavy atom. The van der Waals surface area contributed by atoms with Gasteiger partial charge in [-0.2, -0.15) is 5.26 Å². The molecule has 0 bridgehead atoms. The molecule has 0 saturated heterocycles. The van der Waals surface area contributed by atoms with Crippen molar-refractivity contribution in [3.63, 3.8) is 0 Å². The zero-order chi connectivity index (χ0) is 9.56. The quantitative estimate of drug-likeness (QED) is 0.649. The molecule has 0 atom stereocenters. The highest BCUT2D eigenvalue weighted by molar-refractivity contribution is 8.22. The summed E-state index contributed by atoms with van der Waals surface area (Å²) in [5, 5.41) is 9.61. The van der Waals surface area contributed by atoms with E-state index in [1.54, 1.807) is 29.6 Å². The smallest absolute Gasteiger partial charge is 0.0929 e. The molecular formula is C9H15NS2. The Morgan fingerprint density at radius 1 is 1.17 bits per heavy atom. The van der Waals surface area contributed by atoms with Crippen molar-refractivity contribution < 1.29 is 0 Å². The van der Waals surface area contributed by atoms with E-state index in [4.69, 9.17) is 5.26 Å². The lowest BCUT2D eigenvalue weighted by molar-refractivity contribution is 1.11. The number of hydrogen-bond acceptors (Lipinski definition) is 3. The molecule has 0 N–H and O–H groups in total. The molecule has 12 heavy (non-hydrogen) atoms. The summed E-state index contributed by atoms with van der Waals surface area (Å²) < 4.78 is 1.13. The van der Waals surface area contributed by atoms with Crippen LogP contribution in [0.3, 0.4) is 0 Å². The summed E-state index contributed by atoms with van der Waals surface area (Å²) in [7, 11) is 0. The molecule has 0 aliphatic heterocycles. The normalized spacial score (nSPS) is 10.1. The average Bonchev–Trinajstić information content (AvgIpc) is 1.84. The second kappa shape index (κ2) is 6.45. The summed E-state index contributed by atoms with van der Waals surface area (Å²) in [6.45, 7) is 8.54. The Bertz CT molecular complexity index is 177. The molecule has 0 aromatic carbocycles. The van der Waals surface area contributed by atoms with Gasteiger partial charge in [-0.05, 0) is 0 Å². The van der Waals surface area contributed by atoms with Gasteiger partial charge in [0.2, 0.25) is 0 Å². The lowest BCUT2D eigenvalue weighted by Crippen LogP contribution is -1.90. The number of nitrogens with zero attached hydrogens (tertiary/aromatic N) is 1. The van der Waals surface area contributed by atoms with Crippen LogP contribution in [0.1, 0.15) is 27.7 Å². The van der Waals surface area contributed by atoms with Crippen LogP contribution in [-0.2, 0) is 0 Å². The molecule has 0 rings (SSSR count). The van der Waals surface area contributed by atoms with Crippen LogP contribution in [0.15, 0.2) is 10.3 Å². The van der Waals surface area contributed by atoms with Crippen molar-refractivity contribution in [2.45, 2.75) is 38.2 Å². The molecule has 0 saturated carbocycles. The van der Waals surface area contributed by atoms with Gasteiger partial charge in [-0.1, -0.05) is 27.7 Å². The monoisotopic (exact) mass is 201 g/mol. The summed E-state index contributed by atoms with van der Waals surface area (Å²) in [4.78, 5) is 0. The van der Waals surface area contributed by atoms with Crippen LogP contribution in [0.4, 0.5) is 0 Å². The van der Waals surface area contributed by atoms with Crippen LogP contribution >= 0.6 is 23.5 Å². The van der Waals surface area contributed by atoms with Crippen LogP contribution in [0, 0.1) is 11.3 Å². The van der Waals surface area contributed by atoms with Gasteiger partial charge < -0.3 is 0 Å². The number of allylic oxidation sites excluding steroid dienone is 1. The highest BCUT2D eigenvalue weighted by Gasteiger charge is 2.04. The summed E-state index contributed by atoms with van der Waals surface area (Å²) in [5.74, 6) is 0. The van der Waals surface area contributed by atoms with Crippen molar-refractivity contribution >= 4 is 23.5 Å². The van der Waals surface area contributed by atoms with Crippen LogP contribution in [0.25, 0.3) is 0 Å². The molecule has 0 aliphatic carbocycles. The molecule has 0 aromatic heterocycles. The van der Waals surface area contributed by atoms with Gasteiger partial charge in [0.25, 0.3) is 0 Å². The first-order valence-corrected chi connectivity index (χ1v) is 5.75. The van der Waals surface area contributed by atoms with Gasteiger partial charge in [0.05, 0.1) is 10.3 Å². The minimum atomic E-state index is 0.552. The maximum absolute atomic E-state index is 8.51. The first-order valence-electron chi connectivity index (χ1n) is 3.99. The van der Waals surface area contributed by atoms with E-state index in [9.17, 15) is 0 Å². The van der Waals surface area contributed by atoms with Crippen molar-refractivity contribution in [1.82, 2.24) is 0 Å². The Balaban J connectivity index is 4.08. The van der Waals surface area contributed by atoms with Crippen molar-refractivity contribution in [2.75, 3.05) is 0 Å². The topological polar surface area (TPSA) is 23.8 Å². The minimum absolute atomic E-state index is 0.552. The molecule has 68 valence electrons. The van der Waals surface area contributed by atoms with Gasteiger partial charge in [0.1, 0.15) is 0 Å². The number of nitriles is 1. The first kappa shape index (κ1) is 11.9. The Labute approximate surface area is 83.6 Å². The van der Waals surface area contributed by atoms with E-state index >= 15 is 0 Å². The van der Waals surface area contributed by atoms with Gasteiger partial charge in [-0.3, -0.25) is 0 Å². The van der Waals surface area contributed by atoms with E-state index in [0.717, 1.165) is 4.24 Å². The van der Waals surface area contributed by atoms with Crippen LogP contribution in [-0.4, -0.2) is 10.5 Å². The standard InChI is InChI=1S/C9H15NS2/c1-7(2)11-9(5-6-10)12-8(3)4/h5,7-8H,1-4H3. The van der Waals surface area contributed by atoms with Crippen molar-refractivity contribution in [3.8, 4) is 6.07 Å². The minimum Gasteiger partial charge on any atom is -0.193 e. The fourth-order valence-electron chi connectivity index (χ4n) is 0.613. The highest BCUT2D eigenvalue weighted by Crippen LogP contribution is 2.33. The maximum Gasteiger partial charge on any atom is 0.0929 e. The zero-order valence-corrected chi connectivity index (χ0v) is 9.63. The Morgan fingerprint density at radius 2 is 1.58 bits per heavy atom. The van der Waals surface area contributed by atoms with E-state index in [0.29, 0.717) is 10.5 Å². The highest BCUT2D eigenvalue weighted by atomic mass is 32.2. The molecule has 0 amide bonds. The van der Waals surface area contributed by atoms with Crippen LogP contribution in [0.5, 0.6) is 0 Å². The predicted molar refractivity (Wildman–Crippen MR) is 59.2 cm³/mol. The van der Waals surface area contributed by atoms with Gasteiger partial charge in [-0.15, -0.1) is 23.5 Å². The molecule has 0 aromatic rings. The molecular weight excluding hydrogens is 186 g/mol. The number of hydrogen-bond donors (Lipinski definition) is 0. The molecule has 0 heterocycles. The van der Waals surface area contributed by atoms with Gasteiger partial charge in [-0.25, -0.2) is 0 Å². The van der Waals surface area contributed by atoms with Crippen LogP contribution in [0.2, 0.25) is 0 Å². The average molecular weight is 201 g/mol. The SMILES string of the molecule is CC(C)SC(=CC#N)SC(C)C. The summed E-state index contributed by atoms with van der Waals surface area (Å²) >= 11 is 3.51. The Kier molecular flexibility index (Phi) is 6.41. The summed E-state index contributed by atoms with van der Waals surface area (Å²) in [6.07, 6.45) is 1.63. The number of thioether (sulfide) groups is 2. The van der Waals surface area contributed by atoms with Gasteiger partial charge >= 0.3 is 0 Å². The molecule has 3 heteroatoms. The van der Waals surface area contributed by atoms with E-state index in [1.807, 2.05) is 0 Å². The fraction of sp³-hybridized carbons (Fsp3) is 0.667. The van der Waals surface area contributed by atoms with Crippen molar-refractivity contribution in [3.05, 3.63) is 10.3 Å². The maximum atomic E-state index is 8.51. The third kappa shape index (κ3) is 6.63. The molecule has 0 aliphatic rings. The van der Waals surface area contributed by atoms with E-state index in [2.05, 4.69) is 33.8 Å². The zero-order valence-electron chi connectivity index (χ0n) is 8.00. The first-order chi connectivity index (χ1) is 5.56. The fourth-order valence-corrected chi connectivity index (χ4v) is 3.16. The van der Waals surface area contributed by atoms with E-state index in [-0.39, 0.29) is 0 Å². The van der Waals surface area contributed by atoms with Crippen LogP contribution < -0.4 is 0 Å².